The zero-order valence-electron chi connectivity index (χ0n) is 18.1. The quantitative estimate of drug-likeness (QED) is 0.518. The third kappa shape index (κ3) is 5.23. The molecular formula is C25H27N3O4. The normalized spacial score (nSPS) is 14.2. The van der Waals surface area contributed by atoms with E-state index in [-0.39, 0.29) is 17.5 Å². The molecule has 1 aliphatic rings. The van der Waals surface area contributed by atoms with Gasteiger partial charge < -0.3 is 14.9 Å². The number of amides is 1. The summed E-state index contributed by atoms with van der Waals surface area (Å²) in [6.45, 7) is 4.02. The molecular weight excluding hydrogens is 406 g/mol. The van der Waals surface area contributed by atoms with Crippen LogP contribution in [-0.2, 0) is 17.8 Å². The summed E-state index contributed by atoms with van der Waals surface area (Å²) >= 11 is 0. The highest BCUT2D eigenvalue weighted by Crippen LogP contribution is 2.23. The topological polar surface area (TPSA) is 95.7 Å². The van der Waals surface area contributed by atoms with Crippen LogP contribution in [0.2, 0.25) is 0 Å². The predicted molar refractivity (Wildman–Crippen MR) is 121 cm³/mol. The van der Waals surface area contributed by atoms with Gasteiger partial charge in [0, 0.05) is 37.0 Å². The summed E-state index contributed by atoms with van der Waals surface area (Å²) in [6, 6.07) is 17.3. The maximum Gasteiger partial charge on any atom is 0.309 e. The van der Waals surface area contributed by atoms with Crippen LogP contribution < -0.4 is 5.32 Å². The molecule has 2 N–H and O–H groups in total. The third-order valence-corrected chi connectivity index (χ3v) is 5.72. The lowest BCUT2D eigenvalue weighted by Crippen LogP contribution is -2.49. The van der Waals surface area contributed by atoms with Crippen molar-refractivity contribution in [1.29, 1.82) is 0 Å². The number of aliphatic carboxylic acids is 1. The van der Waals surface area contributed by atoms with Gasteiger partial charge >= 0.3 is 5.97 Å². The fourth-order valence-corrected chi connectivity index (χ4v) is 3.74. The highest BCUT2D eigenvalue weighted by Gasteiger charge is 2.32. The SMILES string of the molecule is CCCCc1ccc(-c2cc(C(=O)Nc3ccc(CN4CC(C(=O)O)C4)cc3)no2)cc1. The molecule has 0 bridgehead atoms. The molecule has 0 radical (unpaired) electrons. The van der Waals surface area contributed by atoms with E-state index in [2.05, 4.69) is 34.4 Å². The van der Waals surface area contributed by atoms with Crippen LogP contribution in [0.1, 0.15) is 41.4 Å². The molecule has 166 valence electrons. The minimum absolute atomic E-state index is 0.222. The van der Waals surface area contributed by atoms with E-state index in [0.717, 1.165) is 30.4 Å². The number of carboxylic acid groups (broad SMARTS) is 1. The number of carboxylic acids is 1. The Balaban J connectivity index is 1.31. The molecule has 3 aromatic rings. The molecule has 1 saturated heterocycles. The zero-order valence-corrected chi connectivity index (χ0v) is 18.1. The molecule has 0 saturated carbocycles. The van der Waals surface area contributed by atoms with E-state index < -0.39 is 5.97 Å². The van der Waals surface area contributed by atoms with E-state index in [1.165, 1.54) is 5.56 Å². The standard InChI is InChI=1S/C25H27N3O4/c1-2-3-4-17-5-9-19(10-6-17)23-13-22(27-32-23)24(29)26-21-11-7-18(8-12-21)14-28-15-20(16-28)25(30)31/h5-13,20H,2-4,14-16H2,1H3,(H,26,29)(H,30,31). The van der Waals surface area contributed by atoms with E-state index in [4.69, 9.17) is 9.63 Å². The molecule has 2 heterocycles. The molecule has 7 heteroatoms. The van der Waals surface area contributed by atoms with Crippen LogP contribution in [-0.4, -0.2) is 40.1 Å². The van der Waals surface area contributed by atoms with Crippen molar-refractivity contribution < 1.29 is 19.2 Å². The van der Waals surface area contributed by atoms with Gasteiger partial charge in [0.2, 0.25) is 0 Å². The minimum Gasteiger partial charge on any atom is -0.481 e. The molecule has 32 heavy (non-hydrogen) atoms. The first-order valence-electron chi connectivity index (χ1n) is 10.9. The van der Waals surface area contributed by atoms with Crippen molar-refractivity contribution in [3.63, 3.8) is 0 Å². The van der Waals surface area contributed by atoms with Crippen molar-refractivity contribution in [3.8, 4) is 11.3 Å². The zero-order chi connectivity index (χ0) is 22.5. The number of unbranched alkanes of at least 4 members (excludes halogenated alkanes) is 1. The summed E-state index contributed by atoms with van der Waals surface area (Å²) in [7, 11) is 0. The van der Waals surface area contributed by atoms with E-state index in [1.807, 2.05) is 36.4 Å². The maximum absolute atomic E-state index is 12.6. The van der Waals surface area contributed by atoms with Crippen molar-refractivity contribution in [2.24, 2.45) is 5.92 Å². The van der Waals surface area contributed by atoms with Gasteiger partial charge in [-0.15, -0.1) is 0 Å². The van der Waals surface area contributed by atoms with Gasteiger partial charge in [0.05, 0.1) is 5.92 Å². The number of aromatic nitrogens is 1. The number of anilines is 1. The Kier molecular flexibility index (Phi) is 6.66. The number of aryl methyl sites for hydroxylation is 1. The summed E-state index contributed by atoms with van der Waals surface area (Å²) in [4.78, 5) is 25.5. The monoisotopic (exact) mass is 433 g/mol. The molecule has 1 aromatic heterocycles. The number of nitrogens with zero attached hydrogens (tertiary/aromatic N) is 2. The van der Waals surface area contributed by atoms with Crippen LogP contribution in [0.15, 0.2) is 59.1 Å². The van der Waals surface area contributed by atoms with E-state index >= 15 is 0 Å². The van der Waals surface area contributed by atoms with Crippen molar-refractivity contribution in [2.45, 2.75) is 32.7 Å². The largest absolute Gasteiger partial charge is 0.481 e. The molecule has 0 spiro atoms. The molecule has 0 aliphatic carbocycles. The Morgan fingerprint density at radius 1 is 1.09 bits per heavy atom. The Labute approximate surface area is 187 Å². The van der Waals surface area contributed by atoms with Crippen LogP contribution >= 0.6 is 0 Å². The van der Waals surface area contributed by atoms with E-state index in [1.54, 1.807) is 6.07 Å². The maximum atomic E-state index is 12.6. The number of hydrogen-bond donors (Lipinski definition) is 2. The van der Waals surface area contributed by atoms with Crippen LogP contribution in [0.3, 0.4) is 0 Å². The van der Waals surface area contributed by atoms with Crippen LogP contribution in [0.4, 0.5) is 5.69 Å². The lowest BCUT2D eigenvalue weighted by molar-refractivity contribution is -0.147. The first-order valence-corrected chi connectivity index (χ1v) is 10.9. The highest BCUT2D eigenvalue weighted by atomic mass is 16.5. The minimum atomic E-state index is -0.737. The van der Waals surface area contributed by atoms with Gasteiger partial charge in [-0.3, -0.25) is 14.5 Å². The van der Waals surface area contributed by atoms with Gasteiger partial charge in [-0.05, 0) is 36.1 Å². The lowest BCUT2D eigenvalue weighted by Gasteiger charge is -2.36. The number of carbonyl (C=O) groups is 2. The highest BCUT2D eigenvalue weighted by molar-refractivity contribution is 6.03. The van der Waals surface area contributed by atoms with Crippen LogP contribution in [0, 0.1) is 5.92 Å². The predicted octanol–water partition coefficient (Wildman–Crippen LogP) is 4.45. The number of rotatable bonds is 9. The average Bonchev–Trinajstić information content (AvgIpc) is 3.26. The second-order valence-corrected chi connectivity index (χ2v) is 8.26. The molecule has 0 unspecified atom stereocenters. The average molecular weight is 434 g/mol. The Morgan fingerprint density at radius 3 is 2.44 bits per heavy atom. The summed E-state index contributed by atoms with van der Waals surface area (Å²) in [6.07, 6.45) is 3.38. The van der Waals surface area contributed by atoms with Gasteiger partial charge in [-0.25, -0.2) is 0 Å². The summed E-state index contributed by atoms with van der Waals surface area (Å²) < 4.78 is 5.38. The van der Waals surface area contributed by atoms with E-state index in [9.17, 15) is 9.59 Å². The number of likely N-dealkylation sites (tertiary alicyclic amines) is 1. The first-order chi connectivity index (χ1) is 15.5. The van der Waals surface area contributed by atoms with Crippen molar-refractivity contribution in [3.05, 3.63) is 71.4 Å². The fraction of sp³-hybridized carbons (Fsp3) is 0.320. The molecule has 0 atom stereocenters. The molecule has 1 amide bonds. The lowest BCUT2D eigenvalue weighted by atomic mass is 9.99. The van der Waals surface area contributed by atoms with Gasteiger partial charge in [0.25, 0.3) is 5.91 Å². The van der Waals surface area contributed by atoms with Crippen LogP contribution in [0.5, 0.6) is 0 Å². The van der Waals surface area contributed by atoms with Gasteiger partial charge in [0.1, 0.15) is 0 Å². The number of carbonyl (C=O) groups excluding carboxylic acids is 1. The van der Waals surface area contributed by atoms with Crippen molar-refractivity contribution in [2.75, 3.05) is 18.4 Å². The molecule has 1 fully saturated rings. The molecule has 7 nitrogen and oxygen atoms in total. The third-order valence-electron chi connectivity index (χ3n) is 5.72. The van der Waals surface area contributed by atoms with Gasteiger partial charge in [-0.2, -0.15) is 0 Å². The first kappa shape index (κ1) is 21.8. The fourth-order valence-electron chi connectivity index (χ4n) is 3.74. The Morgan fingerprint density at radius 2 is 1.78 bits per heavy atom. The Bertz CT molecular complexity index is 1070. The number of hydrogen-bond acceptors (Lipinski definition) is 5. The molecule has 1 aliphatic heterocycles. The molecule has 2 aromatic carbocycles. The van der Waals surface area contributed by atoms with E-state index in [0.29, 0.717) is 31.1 Å². The second-order valence-electron chi connectivity index (χ2n) is 8.26. The van der Waals surface area contributed by atoms with Gasteiger partial charge in [0.15, 0.2) is 11.5 Å². The second kappa shape index (κ2) is 9.78. The smallest absolute Gasteiger partial charge is 0.309 e. The number of nitrogens with one attached hydrogen (secondary N) is 1. The summed E-state index contributed by atoms with van der Waals surface area (Å²) in [5.74, 6) is -0.777. The molecule has 4 rings (SSSR count). The van der Waals surface area contributed by atoms with Gasteiger partial charge in [-0.1, -0.05) is 54.9 Å². The van der Waals surface area contributed by atoms with Crippen molar-refractivity contribution >= 4 is 17.6 Å². The number of benzene rings is 2. The summed E-state index contributed by atoms with van der Waals surface area (Å²) in [5.41, 5.74) is 4.12. The van der Waals surface area contributed by atoms with Crippen molar-refractivity contribution in [1.82, 2.24) is 10.1 Å². The summed E-state index contributed by atoms with van der Waals surface area (Å²) in [5, 5.41) is 15.7. The Hall–Kier alpha value is -3.45. The van der Waals surface area contributed by atoms with Crippen LogP contribution in [0.25, 0.3) is 11.3 Å².